The quantitative estimate of drug-likeness (QED) is 0.569. The molecule has 0 aliphatic rings. The third-order valence-corrected chi connectivity index (χ3v) is 4.79. The highest BCUT2D eigenvalue weighted by molar-refractivity contribution is 5.97. The average Bonchev–Trinajstić information content (AvgIpc) is 2.77. The Morgan fingerprint density at radius 3 is 2.19 bits per heavy atom. The van der Waals surface area contributed by atoms with Crippen LogP contribution in [0.15, 0.2) is 42.5 Å². The van der Waals surface area contributed by atoms with E-state index in [0.29, 0.717) is 30.0 Å². The molecule has 8 heteroatoms. The van der Waals surface area contributed by atoms with Gasteiger partial charge in [-0.15, -0.1) is 0 Å². The summed E-state index contributed by atoms with van der Waals surface area (Å²) in [6, 6.07) is 13.1. The van der Waals surface area contributed by atoms with Gasteiger partial charge in [0, 0.05) is 17.7 Å². The van der Waals surface area contributed by atoms with Crippen molar-refractivity contribution >= 4 is 17.8 Å². The number of carbonyl (C=O) groups excluding carboxylic acids is 2. The van der Waals surface area contributed by atoms with E-state index >= 15 is 0 Å². The molecule has 8 nitrogen and oxygen atoms in total. The standard InChI is InChI=1S/C23H28N2O6/c1-16-19(30-2)12-18(13-20(16)31-3)23(29)25(15-21(26)24-14-22(27)28)11-7-10-17-8-5-4-6-9-17/h4-6,8-9,12-13H,7,10-11,14-15H2,1-3H3,(H,24,26)(H,27,28). The first-order chi connectivity index (χ1) is 14.8. The van der Waals surface area contributed by atoms with E-state index < -0.39 is 18.4 Å². The number of carboxylic acid groups (broad SMARTS) is 1. The normalized spacial score (nSPS) is 10.3. The van der Waals surface area contributed by atoms with Gasteiger partial charge < -0.3 is 24.8 Å². The number of amides is 2. The van der Waals surface area contributed by atoms with Crippen LogP contribution in [0.3, 0.4) is 0 Å². The molecule has 0 heterocycles. The number of hydrogen-bond donors (Lipinski definition) is 2. The van der Waals surface area contributed by atoms with Gasteiger partial charge in [0.05, 0.1) is 20.8 Å². The van der Waals surface area contributed by atoms with Gasteiger partial charge in [-0.05, 0) is 37.5 Å². The number of ether oxygens (including phenoxy) is 2. The number of nitrogens with zero attached hydrogens (tertiary/aromatic N) is 1. The lowest BCUT2D eigenvalue weighted by Crippen LogP contribution is -2.42. The first kappa shape index (κ1) is 23.7. The van der Waals surface area contributed by atoms with E-state index in [4.69, 9.17) is 14.6 Å². The molecule has 0 spiro atoms. The van der Waals surface area contributed by atoms with E-state index in [1.165, 1.54) is 19.1 Å². The highest BCUT2D eigenvalue weighted by Gasteiger charge is 2.21. The van der Waals surface area contributed by atoms with E-state index in [0.717, 1.165) is 17.5 Å². The van der Waals surface area contributed by atoms with Crippen molar-refractivity contribution in [3.63, 3.8) is 0 Å². The van der Waals surface area contributed by atoms with Crippen molar-refractivity contribution in [2.45, 2.75) is 19.8 Å². The van der Waals surface area contributed by atoms with E-state index in [1.54, 1.807) is 12.1 Å². The summed E-state index contributed by atoms with van der Waals surface area (Å²) in [5.74, 6) is -1.05. The maximum absolute atomic E-state index is 13.2. The van der Waals surface area contributed by atoms with E-state index in [-0.39, 0.29) is 12.5 Å². The number of aliphatic carboxylic acids is 1. The third kappa shape index (κ3) is 7.02. The Hall–Kier alpha value is -3.55. The number of carbonyl (C=O) groups is 3. The monoisotopic (exact) mass is 428 g/mol. The van der Waals surface area contributed by atoms with Gasteiger partial charge in [0.15, 0.2) is 0 Å². The maximum Gasteiger partial charge on any atom is 0.322 e. The molecule has 0 saturated heterocycles. The summed E-state index contributed by atoms with van der Waals surface area (Å²) >= 11 is 0. The zero-order valence-corrected chi connectivity index (χ0v) is 18.0. The number of rotatable bonds is 11. The molecule has 2 aromatic rings. The van der Waals surface area contributed by atoms with E-state index in [9.17, 15) is 14.4 Å². The molecule has 0 fully saturated rings. The first-order valence-electron chi connectivity index (χ1n) is 9.90. The molecule has 2 amide bonds. The van der Waals surface area contributed by atoms with Crippen LogP contribution in [-0.2, 0) is 16.0 Å². The number of methoxy groups -OCH3 is 2. The minimum Gasteiger partial charge on any atom is -0.496 e. The Balaban J connectivity index is 2.20. The van der Waals surface area contributed by atoms with Crippen LogP contribution in [0.1, 0.15) is 27.9 Å². The largest absolute Gasteiger partial charge is 0.496 e. The molecule has 31 heavy (non-hydrogen) atoms. The molecule has 0 saturated carbocycles. The van der Waals surface area contributed by atoms with E-state index in [2.05, 4.69) is 5.32 Å². The second kappa shape index (κ2) is 11.6. The average molecular weight is 428 g/mol. The topological polar surface area (TPSA) is 105 Å². The number of aryl methyl sites for hydroxylation is 1. The molecular formula is C23H28N2O6. The second-order valence-corrected chi connectivity index (χ2v) is 6.99. The van der Waals surface area contributed by atoms with Crippen molar-refractivity contribution in [3.05, 3.63) is 59.2 Å². The second-order valence-electron chi connectivity index (χ2n) is 6.99. The van der Waals surface area contributed by atoms with Crippen LogP contribution in [0.5, 0.6) is 11.5 Å². The third-order valence-electron chi connectivity index (χ3n) is 4.79. The molecule has 0 aliphatic heterocycles. The van der Waals surface area contributed by atoms with Gasteiger partial charge in [0.2, 0.25) is 5.91 Å². The Morgan fingerprint density at radius 1 is 1.03 bits per heavy atom. The number of carboxylic acids is 1. The minimum atomic E-state index is -1.15. The van der Waals surface area contributed by atoms with Crippen LogP contribution in [0.2, 0.25) is 0 Å². The Morgan fingerprint density at radius 2 is 1.65 bits per heavy atom. The van der Waals surface area contributed by atoms with E-state index in [1.807, 2.05) is 37.3 Å². The molecule has 166 valence electrons. The Bertz CT molecular complexity index is 889. The predicted molar refractivity (Wildman–Crippen MR) is 116 cm³/mol. The minimum absolute atomic E-state index is 0.251. The van der Waals surface area contributed by atoms with Crippen LogP contribution in [0.25, 0.3) is 0 Å². The summed E-state index contributed by atoms with van der Waals surface area (Å²) < 4.78 is 10.7. The fraction of sp³-hybridized carbons (Fsp3) is 0.348. The summed E-state index contributed by atoms with van der Waals surface area (Å²) in [5, 5.41) is 11.1. The fourth-order valence-corrected chi connectivity index (χ4v) is 3.17. The summed E-state index contributed by atoms with van der Waals surface area (Å²) in [7, 11) is 3.01. The molecule has 0 radical (unpaired) electrons. The molecule has 0 bridgehead atoms. The SMILES string of the molecule is COc1cc(C(=O)N(CCCc2ccccc2)CC(=O)NCC(=O)O)cc(OC)c1C. The molecule has 0 aromatic heterocycles. The summed E-state index contributed by atoms with van der Waals surface area (Å²) in [4.78, 5) is 37.6. The molecule has 0 unspecified atom stereocenters. The summed E-state index contributed by atoms with van der Waals surface area (Å²) in [6.45, 7) is 1.39. The predicted octanol–water partition coefficient (Wildman–Crippen LogP) is 2.29. The van der Waals surface area contributed by atoms with Crippen molar-refractivity contribution in [2.24, 2.45) is 0 Å². The van der Waals surface area contributed by atoms with Gasteiger partial charge in [0.25, 0.3) is 5.91 Å². The highest BCUT2D eigenvalue weighted by atomic mass is 16.5. The molecular weight excluding hydrogens is 400 g/mol. The molecule has 2 N–H and O–H groups in total. The first-order valence-corrected chi connectivity index (χ1v) is 9.90. The molecule has 0 atom stereocenters. The van der Waals surface area contributed by atoms with Crippen LogP contribution >= 0.6 is 0 Å². The van der Waals surface area contributed by atoms with Gasteiger partial charge >= 0.3 is 5.97 Å². The van der Waals surface area contributed by atoms with Gasteiger partial charge in [-0.25, -0.2) is 0 Å². The van der Waals surface area contributed by atoms with Crippen LogP contribution in [0.4, 0.5) is 0 Å². The lowest BCUT2D eigenvalue weighted by molar-refractivity contribution is -0.138. The van der Waals surface area contributed by atoms with Gasteiger partial charge in [0.1, 0.15) is 18.0 Å². The van der Waals surface area contributed by atoms with Crippen LogP contribution in [0, 0.1) is 6.92 Å². The lowest BCUT2D eigenvalue weighted by Gasteiger charge is -2.23. The summed E-state index contributed by atoms with van der Waals surface area (Å²) in [6.07, 6.45) is 1.38. The van der Waals surface area contributed by atoms with Gasteiger partial charge in [-0.3, -0.25) is 14.4 Å². The zero-order valence-electron chi connectivity index (χ0n) is 18.0. The fourth-order valence-electron chi connectivity index (χ4n) is 3.17. The van der Waals surface area contributed by atoms with Crippen molar-refractivity contribution in [2.75, 3.05) is 33.9 Å². The van der Waals surface area contributed by atoms with Crippen molar-refractivity contribution in [3.8, 4) is 11.5 Å². The van der Waals surface area contributed by atoms with Gasteiger partial charge in [-0.1, -0.05) is 30.3 Å². The highest BCUT2D eigenvalue weighted by Crippen LogP contribution is 2.30. The number of benzene rings is 2. The lowest BCUT2D eigenvalue weighted by atomic mass is 10.1. The van der Waals surface area contributed by atoms with Crippen LogP contribution in [-0.4, -0.2) is 61.6 Å². The molecule has 0 aliphatic carbocycles. The Labute approximate surface area is 181 Å². The number of nitrogens with one attached hydrogen (secondary N) is 1. The zero-order chi connectivity index (χ0) is 22.8. The smallest absolute Gasteiger partial charge is 0.322 e. The maximum atomic E-state index is 13.2. The Kier molecular flexibility index (Phi) is 8.87. The number of hydrogen-bond acceptors (Lipinski definition) is 5. The molecule has 2 rings (SSSR count). The summed E-state index contributed by atoms with van der Waals surface area (Å²) in [5.41, 5.74) is 2.21. The van der Waals surface area contributed by atoms with Crippen LogP contribution < -0.4 is 14.8 Å². The van der Waals surface area contributed by atoms with Crippen molar-refractivity contribution < 1.29 is 29.0 Å². The van der Waals surface area contributed by atoms with Crippen molar-refractivity contribution in [1.82, 2.24) is 10.2 Å². The van der Waals surface area contributed by atoms with Crippen molar-refractivity contribution in [1.29, 1.82) is 0 Å². The molecule has 2 aromatic carbocycles. The van der Waals surface area contributed by atoms with Gasteiger partial charge in [-0.2, -0.15) is 0 Å².